The molecule has 94 valence electrons. The second-order valence-electron chi connectivity index (χ2n) is 3.39. The lowest BCUT2D eigenvalue weighted by atomic mass is 10.3. The van der Waals surface area contributed by atoms with E-state index in [0.717, 1.165) is 5.69 Å². The Morgan fingerprint density at radius 2 is 1.94 bits per heavy atom. The van der Waals surface area contributed by atoms with Crippen LogP contribution >= 0.6 is 15.9 Å². The minimum Gasteiger partial charge on any atom is -0.480 e. The lowest BCUT2D eigenvalue weighted by Crippen LogP contribution is -1.96. The number of ether oxygens (including phenoxy) is 2. The first-order valence-corrected chi connectivity index (χ1v) is 6.04. The van der Waals surface area contributed by atoms with Gasteiger partial charge in [-0.3, -0.25) is 0 Å². The molecular formula is C12H12BrN3O2. The normalized spacial score (nSPS) is 9.94. The van der Waals surface area contributed by atoms with E-state index in [-0.39, 0.29) is 6.01 Å². The van der Waals surface area contributed by atoms with Crippen molar-refractivity contribution in [1.82, 2.24) is 9.97 Å². The Labute approximate surface area is 113 Å². The van der Waals surface area contributed by atoms with Gasteiger partial charge in [0.1, 0.15) is 5.75 Å². The molecule has 0 aliphatic carbocycles. The summed E-state index contributed by atoms with van der Waals surface area (Å²) in [5.41, 5.74) is 1.01. The number of nitrogens with one attached hydrogen (secondary N) is 1. The monoisotopic (exact) mass is 309 g/mol. The van der Waals surface area contributed by atoms with Gasteiger partial charge < -0.3 is 14.8 Å². The van der Waals surface area contributed by atoms with Gasteiger partial charge in [0.25, 0.3) is 0 Å². The number of hydrogen-bond acceptors (Lipinski definition) is 5. The van der Waals surface area contributed by atoms with E-state index in [2.05, 4.69) is 31.2 Å². The molecule has 0 aliphatic rings. The third kappa shape index (κ3) is 2.89. The summed E-state index contributed by atoms with van der Waals surface area (Å²) in [6.45, 7) is 0. The molecule has 0 saturated carbocycles. The predicted molar refractivity (Wildman–Crippen MR) is 72.3 cm³/mol. The summed E-state index contributed by atoms with van der Waals surface area (Å²) in [5, 5.41) is 3.03. The fourth-order valence-electron chi connectivity index (χ4n) is 1.32. The first-order valence-electron chi connectivity index (χ1n) is 5.25. The molecule has 18 heavy (non-hydrogen) atoms. The summed E-state index contributed by atoms with van der Waals surface area (Å²) in [5.74, 6) is 1.10. The molecule has 0 aliphatic heterocycles. The van der Waals surface area contributed by atoms with Gasteiger partial charge in [-0.25, -0.2) is 4.98 Å². The number of rotatable bonds is 4. The molecule has 0 bridgehead atoms. The first kappa shape index (κ1) is 12.6. The van der Waals surface area contributed by atoms with Crippen molar-refractivity contribution in [2.75, 3.05) is 19.5 Å². The van der Waals surface area contributed by atoms with Crippen molar-refractivity contribution in [1.29, 1.82) is 0 Å². The molecule has 0 radical (unpaired) electrons. The second kappa shape index (κ2) is 5.68. The number of aromatic nitrogens is 2. The van der Waals surface area contributed by atoms with Crippen LogP contribution in [0.15, 0.2) is 34.9 Å². The summed E-state index contributed by atoms with van der Waals surface area (Å²) < 4.78 is 11.3. The number of hydrogen-bond donors (Lipinski definition) is 1. The molecule has 0 spiro atoms. The number of anilines is 1. The maximum Gasteiger partial charge on any atom is 0.325 e. The van der Waals surface area contributed by atoms with Gasteiger partial charge in [0.05, 0.1) is 17.8 Å². The Hall–Kier alpha value is -1.82. The zero-order valence-corrected chi connectivity index (χ0v) is 11.6. The van der Waals surface area contributed by atoms with Crippen LogP contribution < -0.4 is 14.8 Å². The van der Waals surface area contributed by atoms with Gasteiger partial charge in [0.2, 0.25) is 5.88 Å². The van der Waals surface area contributed by atoms with Gasteiger partial charge >= 0.3 is 6.01 Å². The minimum atomic E-state index is 0.243. The lowest BCUT2D eigenvalue weighted by molar-refractivity contribution is 0.373. The van der Waals surface area contributed by atoms with E-state index in [1.54, 1.807) is 13.3 Å². The van der Waals surface area contributed by atoms with Crippen molar-refractivity contribution in [2.45, 2.75) is 0 Å². The van der Waals surface area contributed by atoms with E-state index < -0.39 is 0 Å². The SMILES string of the molecule is CNc1ccc(Oc2ncc(Br)c(OC)n2)cc1. The van der Waals surface area contributed by atoms with E-state index in [9.17, 15) is 0 Å². The van der Waals surface area contributed by atoms with Gasteiger partial charge in [-0.1, -0.05) is 0 Å². The highest BCUT2D eigenvalue weighted by Crippen LogP contribution is 2.25. The van der Waals surface area contributed by atoms with Gasteiger partial charge in [-0.2, -0.15) is 4.98 Å². The van der Waals surface area contributed by atoms with Gasteiger partial charge in [0, 0.05) is 12.7 Å². The molecule has 0 fully saturated rings. The summed E-state index contributed by atoms with van der Waals surface area (Å²) in [6, 6.07) is 7.73. The van der Waals surface area contributed by atoms with Crippen LogP contribution in [0.25, 0.3) is 0 Å². The smallest absolute Gasteiger partial charge is 0.325 e. The molecule has 0 amide bonds. The average Bonchev–Trinajstić information content (AvgIpc) is 2.42. The molecule has 0 atom stereocenters. The van der Waals surface area contributed by atoms with Crippen molar-refractivity contribution >= 4 is 21.6 Å². The molecule has 2 aromatic rings. The Kier molecular flexibility index (Phi) is 3.99. The summed E-state index contributed by atoms with van der Waals surface area (Å²) >= 11 is 3.28. The number of nitrogens with zero attached hydrogens (tertiary/aromatic N) is 2. The number of methoxy groups -OCH3 is 1. The topological polar surface area (TPSA) is 56.3 Å². The molecule has 5 nitrogen and oxygen atoms in total. The Morgan fingerprint density at radius 1 is 1.22 bits per heavy atom. The summed E-state index contributed by atoms with van der Waals surface area (Å²) in [6.07, 6.45) is 1.59. The lowest BCUT2D eigenvalue weighted by Gasteiger charge is -2.07. The third-order valence-electron chi connectivity index (χ3n) is 2.24. The highest BCUT2D eigenvalue weighted by Gasteiger charge is 2.06. The molecule has 1 heterocycles. The van der Waals surface area contributed by atoms with E-state index in [1.165, 1.54) is 0 Å². The molecular weight excluding hydrogens is 298 g/mol. The molecule has 0 unspecified atom stereocenters. The molecule has 1 N–H and O–H groups in total. The van der Waals surface area contributed by atoms with Crippen LogP contribution in [0, 0.1) is 0 Å². The second-order valence-corrected chi connectivity index (χ2v) is 4.24. The largest absolute Gasteiger partial charge is 0.480 e. The quantitative estimate of drug-likeness (QED) is 0.940. The van der Waals surface area contributed by atoms with E-state index in [1.807, 2.05) is 31.3 Å². The van der Waals surface area contributed by atoms with Crippen molar-refractivity contribution in [3.63, 3.8) is 0 Å². The number of halogens is 1. The fraction of sp³-hybridized carbons (Fsp3) is 0.167. The van der Waals surface area contributed by atoms with Crippen LogP contribution in [0.4, 0.5) is 5.69 Å². The van der Waals surface area contributed by atoms with Crippen LogP contribution in [-0.2, 0) is 0 Å². The molecule has 1 aromatic heterocycles. The average molecular weight is 310 g/mol. The third-order valence-corrected chi connectivity index (χ3v) is 2.78. The van der Waals surface area contributed by atoms with Crippen LogP contribution in [0.1, 0.15) is 0 Å². The van der Waals surface area contributed by atoms with Crippen molar-refractivity contribution in [3.05, 3.63) is 34.9 Å². The predicted octanol–water partition coefficient (Wildman–Crippen LogP) is 3.08. The van der Waals surface area contributed by atoms with Crippen molar-refractivity contribution in [3.8, 4) is 17.6 Å². The van der Waals surface area contributed by atoms with E-state index >= 15 is 0 Å². The van der Waals surface area contributed by atoms with Crippen molar-refractivity contribution < 1.29 is 9.47 Å². The van der Waals surface area contributed by atoms with Crippen LogP contribution in [0.2, 0.25) is 0 Å². The first-order chi connectivity index (χ1) is 8.72. The molecule has 0 saturated heterocycles. The maximum absolute atomic E-state index is 5.52. The van der Waals surface area contributed by atoms with Crippen LogP contribution in [-0.4, -0.2) is 24.1 Å². The maximum atomic E-state index is 5.52. The zero-order valence-electron chi connectivity index (χ0n) is 9.98. The highest BCUT2D eigenvalue weighted by molar-refractivity contribution is 9.10. The summed E-state index contributed by atoms with van der Waals surface area (Å²) in [4.78, 5) is 8.16. The van der Waals surface area contributed by atoms with Crippen LogP contribution in [0.3, 0.4) is 0 Å². The van der Waals surface area contributed by atoms with Crippen molar-refractivity contribution in [2.24, 2.45) is 0 Å². The molecule has 1 aromatic carbocycles. The van der Waals surface area contributed by atoms with Crippen LogP contribution in [0.5, 0.6) is 17.6 Å². The molecule has 6 heteroatoms. The Morgan fingerprint density at radius 3 is 2.56 bits per heavy atom. The van der Waals surface area contributed by atoms with E-state index in [0.29, 0.717) is 16.1 Å². The van der Waals surface area contributed by atoms with E-state index in [4.69, 9.17) is 9.47 Å². The number of benzene rings is 1. The fourth-order valence-corrected chi connectivity index (χ4v) is 1.68. The molecule has 2 rings (SSSR count). The summed E-state index contributed by atoms with van der Waals surface area (Å²) in [7, 11) is 3.40. The Balaban J connectivity index is 2.17. The van der Waals surface area contributed by atoms with Gasteiger partial charge in [0.15, 0.2) is 0 Å². The zero-order chi connectivity index (χ0) is 13.0. The standard InChI is InChI=1S/C12H12BrN3O2/c1-14-8-3-5-9(6-4-8)18-12-15-7-10(13)11(16-12)17-2/h3-7,14H,1-2H3. The van der Waals surface area contributed by atoms with Gasteiger partial charge in [-0.15, -0.1) is 0 Å². The highest BCUT2D eigenvalue weighted by atomic mass is 79.9. The Bertz CT molecular complexity index is 531. The van der Waals surface area contributed by atoms with Gasteiger partial charge in [-0.05, 0) is 40.2 Å². The minimum absolute atomic E-state index is 0.243.